The first kappa shape index (κ1) is 18.4. The van der Waals surface area contributed by atoms with Crippen molar-refractivity contribution in [3.05, 3.63) is 36.6 Å². The molecule has 1 unspecified atom stereocenters. The van der Waals surface area contributed by atoms with E-state index in [1.165, 1.54) is 31.0 Å². The molecule has 1 aliphatic heterocycles. The van der Waals surface area contributed by atoms with Gasteiger partial charge in [-0.1, -0.05) is 13.0 Å². The fraction of sp³-hybridized carbons (Fsp3) is 0.550. The summed E-state index contributed by atoms with van der Waals surface area (Å²) >= 11 is 0. The molecule has 6 heteroatoms. The van der Waals surface area contributed by atoms with Crippen molar-refractivity contribution >= 4 is 17.9 Å². The van der Waals surface area contributed by atoms with Gasteiger partial charge < -0.3 is 14.4 Å². The Balaban J connectivity index is 1.75. The summed E-state index contributed by atoms with van der Waals surface area (Å²) in [6.07, 6.45) is 11.6. The van der Waals surface area contributed by atoms with E-state index < -0.39 is 0 Å². The SMILES string of the molecule is C=CC(=O)N1CCCC(N(C=O)/C=C(/C)c2ncc(C3CCC3)n2C)C1. The van der Waals surface area contributed by atoms with E-state index in [4.69, 9.17) is 0 Å². The third-order valence-corrected chi connectivity index (χ3v) is 5.67. The van der Waals surface area contributed by atoms with Crippen LogP contribution in [-0.4, -0.2) is 50.8 Å². The van der Waals surface area contributed by atoms with Gasteiger partial charge in [-0.2, -0.15) is 0 Å². The van der Waals surface area contributed by atoms with Crippen LogP contribution in [0.1, 0.15) is 56.5 Å². The lowest BCUT2D eigenvalue weighted by atomic mass is 9.83. The lowest BCUT2D eigenvalue weighted by molar-refractivity contribution is -0.129. The van der Waals surface area contributed by atoms with Gasteiger partial charge in [-0.05, 0) is 38.7 Å². The van der Waals surface area contributed by atoms with Gasteiger partial charge in [-0.15, -0.1) is 0 Å². The van der Waals surface area contributed by atoms with E-state index in [2.05, 4.69) is 16.1 Å². The highest BCUT2D eigenvalue weighted by Gasteiger charge is 2.27. The highest BCUT2D eigenvalue weighted by molar-refractivity contribution is 5.87. The van der Waals surface area contributed by atoms with Crippen LogP contribution in [0.2, 0.25) is 0 Å². The number of allylic oxidation sites excluding steroid dienone is 1. The van der Waals surface area contributed by atoms with Gasteiger partial charge in [-0.25, -0.2) is 4.98 Å². The molecule has 0 bridgehead atoms. The van der Waals surface area contributed by atoms with E-state index in [0.717, 1.165) is 37.2 Å². The Bertz CT molecular complexity index is 717. The quantitative estimate of drug-likeness (QED) is 0.582. The molecule has 2 amide bonds. The Morgan fingerprint density at radius 1 is 1.35 bits per heavy atom. The standard InChI is InChI=1S/C20H28N4O2/c1-4-19(26)23-10-6-9-17(13-23)24(14-25)12-15(2)20-21-11-18(22(20)3)16-7-5-8-16/h4,11-12,14,16-17H,1,5-10,13H2,2-3H3/b15-12-. The smallest absolute Gasteiger partial charge is 0.246 e. The molecule has 2 aliphatic rings. The summed E-state index contributed by atoms with van der Waals surface area (Å²) in [4.78, 5) is 31.6. The van der Waals surface area contributed by atoms with E-state index in [1.807, 2.05) is 26.4 Å². The zero-order valence-electron chi connectivity index (χ0n) is 15.7. The van der Waals surface area contributed by atoms with E-state index in [1.54, 1.807) is 9.80 Å². The second-order valence-corrected chi connectivity index (χ2v) is 7.34. The van der Waals surface area contributed by atoms with Crippen LogP contribution in [-0.2, 0) is 16.6 Å². The van der Waals surface area contributed by atoms with Crippen LogP contribution < -0.4 is 0 Å². The molecule has 1 atom stereocenters. The van der Waals surface area contributed by atoms with Crippen molar-refractivity contribution in [2.45, 2.75) is 51.0 Å². The van der Waals surface area contributed by atoms with Crippen molar-refractivity contribution in [1.82, 2.24) is 19.4 Å². The van der Waals surface area contributed by atoms with Crippen LogP contribution >= 0.6 is 0 Å². The minimum Gasteiger partial charge on any atom is -0.337 e. The van der Waals surface area contributed by atoms with Crippen molar-refractivity contribution in [3.8, 4) is 0 Å². The summed E-state index contributed by atoms with van der Waals surface area (Å²) in [5, 5.41) is 0. The highest BCUT2D eigenvalue weighted by Crippen LogP contribution is 2.36. The number of nitrogens with zero attached hydrogens (tertiary/aromatic N) is 4. The van der Waals surface area contributed by atoms with Crippen molar-refractivity contribution in [1.29, 1.82) is 0 Å². The molecule has 0 radical (unpaired) electrons. The van der Waals surface area contributed by atoms with Gasteiger partial charge in [0.05, 0.1) is 6.04 Å². The predicted octanol–water partition coefficient (Wildman–Crippen LogP) is 2.68. The minimum atomic E-state index is -0.0736. The Morgan fingerprint density at radius 3 is 2.73 bits per heavy atom. The molecule has 0 spiro atoms. The third-order valence-electron chi connectivity index (χ3n) is 5.67. The lowest BCUT2D eigenvalue weighted by Crippen LogP contribution is -2.47. The van der Waals surface area contributed by atoms with E-state index in [-0.39, 0.29) is 11.9 Å². The van der Waals surface area contributed by atoms with Gasteiger partial charge in [0.2, 0.25) is 12.3 Å². The van der Waals surface area contributed by atoms with Crippen molar-refractivity contribution in [3.63, 3.8) is 0 Å². The molecule has 3 rings (SSSR count). The number of carbonyl (C=O) groups is 2. The summed E-state index contributed by atoms with van der Waals surface area (Å²) in [6.45, 7) is 6.81. The van der Waals surface area contributed by atoms with E-state index >= 15 is 0 Å². The molecule has 1 aliphatic carbocycles. The number of likely N-dealkylation sites (tertiary alicyclic amines) is 1. The first-order chi connectivity index (χ1) is 12.5. The van der Waals surface area contributed by atoms with Gasteiger partial charge in [0.25, 0.3) is 0 Å². The lowest BCUT2D eigenvalue weighted by Gasteiger charge is -2.36. The summed E-state index contributed by atoms with van der Waals surface area (Å²) in [5.41, 5.74) is 2.23. The largest absolute Gasteiger partial charge is 0.337 e. The topological polar surface area (TPSA) is 58.4 Å². The molecule has 0 aromatic carbocycles. The van der Waals surface area contributed by atoms with Crippen molar-refractivity contribution < 1.29 is 9.59 Å². The Kier molecular flexibility index (Phi) is 5.59. The number of imidazole rings is 1. The number of hydrogen-bond donors (Lipinski definition) is 0. The van der Waals surface area contributed by atoms with Crippen LogP contribution in [0.15, 0.2) is 25.1 Å². The Hall–Kier alpha value is -2.37. The van der Waals surface area contributed by atoms with Gasteiger partial charge >= 0.3 is 0 Å². The van der Waals surface area contributed by atoms with Gasteiger partial charge in [0.15, 0.2) is 0 Å². The average Bonchev–Trinajstić information content (AvgIpc) is 2.99. The fourth-order valence-electron chi connectivity index (χ4n) is 3.90. The van der Waals surface area contributed by atoms with E-state index in [9.17, 15) is 9.59 Å². The zero-order valence-corrected chi connectivity index (χ0v) is 15.7. The maximum atomic E-state index is 11.9. The van der Waals surface area contributed by atoms with Crippen LogP contribution in [0.5, 0.6) is 0 Å². The second kappa shape index (κ2) is 7.89. The monoisotopic (exact) mass is 356 g/mol. The average molecular weight is 356 g/mol. The molecule has 6 nitrogen and oxygen atoms in total. The van der Waals surface area contributed by atoms with Crippen LogP contribution in [0.4, 0.5) is 0 Å². The number of rotatable bonds is 6. The van der Waals surface area contributed by atoms with Gasteiger partial charge in [-0.3, -0.25) is 9.59 Å². The molecule has 1 saturated heterocycles. The van der Waals surface area contributed by atoms with Crippen molar-refractivity contribution in [2.75, 3.05) is 13.1 Å². The summed E-state index contributed by atoms with van der Waals surface area (Å²) < 4.78 is 2.15. The fourth-order valence-corrected chi connectivity index (χ4v) is 3.90. The molecule has 0 N–H and O–H groups in total. The van der Waals surface area contributed by atoms with Crippen molar-refractivity contribution in [2.24, 2.45) is 7.05 Å². The maximum Gasteiger partial charge on any atom is 0.246 e. The molecule has 1 saturated carbocycles. The zero-order chi connectivity index (χ0) is 18.7. The van der Waals surface area contributed by atoms with Gasteiger partial charge in [0.1, 0.15) is 5.82 Å². The number of hydrogen-bond acceptors (Lipinski definition) is 3. The number of piperidine rings is 1. The highest BCUT2D eigenvalue weighted by atomic mass is 16.2. The van der Waals surface area contributed by atoms with Crippen LogP contribution in [0.3, 0.4) is 0 Å². The molecule has 2 heterocycles. The Morgan fingerprint density at radius 2 is 2.12 bits per heavy atom. The first-order valence-electron chi connectivity index (χ1n) is 9.39. The second-order valence-electron chi connectivity index (χ2n) is 7.34. The number of aromatic nitrogens is 2. The van der Waals surface area contributed by atoms with Gasteiger partial charge in [0, 0.05) is 49.7 Å². The molecular formula is C20H28N4O2. The number of amides is 2. The summed E-state index contributed by atoms with van der Waals surface area (Å²) in [5.74, 6) is 1.44. The molecule has 2 fully saturated rings. The normalized spacial score (nSPS) is 21.2. The van der Waals surface area contributed by atoms with Crippen LogP contribution in [0.25, 0.3) is 5.57 Å². The van der Waals surface area contributed by atoms with Crippen LogP contribution in [0, 0.1) is 0 Å². The summed E-state index contributed by atoms with van der Waals surface area (Å²) in [7, 11) is 2.05. The number of carbonyl (C=O) groups excluding carboxylic acids is 2. The Labute approximate surface area is 155 Å². The molecular weight excluding hydrogens is 328 g/mol. The molecule has 1 aromatic rings. The molecule has 26 heavy (non-hydrogen) atoms. The van der Waals surface area contributed by atoms with E-state index in [0.29, 0.717) is 12.5 Å². The predicted molar refractivity (Wildman–Crippen MR) is 101 cm³/mol. The molecule has 1 aromatic heterocycles. The molecule has 140 valence electrons. The summed E-state index contributed by atoms with van der Waals surface area (Å²) in [6, 6.07) is -0.00790. The first-order valence-corrected chi connectivity index (χ1v) is 9.39. The third kappa shape index (κ3) is 3.59. The minimum absolute atomic E-state index is 0.00790. The maximum absolute atomic E-state index is 11.9.